The van der Waals surface area contributed by atoms with Crippen LogP contribution in [0.25, 0.3) is 12.2 Å². The third-order valence-corrected chi connectivity index (χ3v) is 3.98. The summed E-state index contributed by atoms with van der Waals surface area (Å²) in [5, 5.41) is 0. The van der Waals surface area contributed by atoms with Crippen LogP contribution < -0.4 is 0 Å². The van der Waals surface area contributed by atoms with Crippen LogP contribution in [-0.4, -0.2) is 0 Å². The van der Waals surface area contributed by atoms with Crippen LogP contribution in [0, 0.1) is 5.41 Å². The second-order valence-electron chi connectivity index (χ2n) is 5.63. The highest BCUT2D eigenvalue weighted by molar-refractivity contribution is 5.68. The van der Waals surface area contributed by atoms with Crippen molar-refractivity contribution in [1.29, 1.82) is 0 Å². The number of furan rings is 1. The van der Waals surface area contributed by atoms with E-state index >= 15 is 0 Å². The molecule has 1 nitrogen and oxygen atoms in total. The van der Waals surface area contributed by atoms with Crippen molar-refractivity contribution in [3.8, 4) is 0 Å². The van der Waals surface area contributed by atoms with Crippen LogP contribution >= 0.6 is 0 Å². The summed E-state index contributed by atoms with van der Waals surface area (Å²) < 4.78 is 5.53. The van der Waals surface area contributed by atoms with E-state index in [1.165, 1.54) is 30.4 Å². The lowest BCUT2D eigenvalue weighted by Crippen LogP contribution is -2.12. The molecule has 0 radical (unpaired) electrons. The van der Waals surface area contributed by atoms with Gasteiger partial charge in [0.2, 0.25) is 0 Å². The first-order valence-electron chi connectivity index (χ1n) is 6.13. The van der Waals surface area contributed by atoms with Gasteiger partial charge in [-0.3, -0.25) is 0 Å². The zero-order valence-corrected chi connectivity index (χ0v) is 10.0. The second-order valence-corrected chi connectivity index (χ2v) is 5.63. The summed E-state index contributed by atoms with van der Waals surface area (Å²) in [6.45, 7) is 4.74. The molecule has 0 amide bonds. The fraction of sp³-hybridized carbons (Fsp3) is 0.467. The Balaban J connectivity index is 2.17. The lowest BCUT2D eigenvalue weighted by Gasteiger charge is -2.25. The summed E-state index contributed by atoms with van der Waals surface area (Å²) >= 11 is 0. The molecule has 0 atom stereocenters. The second kappa shape index (κ2) is 3.38. The Morgan fingerprint density at radius 2 is 2.12 bits per heavy atom. The van der Waals surface area contributed by atoms with Gasteiger partial charge >= 0.3 is 0 Å². The average molecular weight is 214 g/mol. The van der Waals surface area contributed by atoms with E-state index in [4.69, 9.17) is 4.42 Å². The summed E-state index contributed by atoms with van der Waals surface area (Å²) in [5.41, 5.74) is 4.69. The first-order chi connectivity index (χ1) is 7.65. The predicted octanol–water partition coefficient (Wildman–Crippen LogP) is 4.66. The van der Waals surface area contributed by atoms with Crippen LogP contribution in [0.1, 0.15) is 50.9 Å². The molecule has 3 rings (SSSR count). The molecular formula is C15H18O. The maximum Gasteiger partial charge on any atom is 0.133 e. The molecule has 1 heterocycles. The van der Waals surface area contributed by atoms with Gasteiger partial charge in [0.1, 0.15) is 5.76 Å². The highest BCUT2D eigenvalue weighted by Crippen LogP contribution is 2.44. The molecule has 0 aromatic carbocycles. The van der Waals surface area contributed by atoms with Crippen molar-refractivity contribution in [2.75, 3.05) is 0 Å². The van der Waals surface area contributed by atoms with Crippen molar-refractivity contribution >= 4 is 12.2 Å². The van der Waals surface area contributed by atoms with Gasteiger partial charge in [0.25, 0.3) is 0 Å². The molecule has 0 N–H and O–H groups in total. The third-order valence-electron chi connectivity index (χ3n) is 3.98. The lowest BCUT2D eigenvalue weighted by molar-refractivity contribution is 0.405. The first kappa shape index (κ1) is 9.95. The number of hydrogen-bond acceptors (Lipinski definition) is 1. The number of hydrogen-bond donors (Lipinski definition) is 0. The maximum atomic E-state index is 5.53. The van der Waals surface area contributed by atoms with E-state index < -0.39 is 0 Å². The fourth-order valence-corrected chi connectivity index (χ4v) is 2.80. The molecule has 84 valence electrons. The van der Waals surface area contributed by atoms with Crippen LogP contribution in [0.5, 0.6) is 0 Å². The average Bonchev–Trinajstić information content (AvgIpc) is 2.50. The smallest absolute Gasteiger partial charge is 0.133 e. The highest BCUT2D eigenvalue weighted by atomic mass is 16.3. The van der Waals surface area contributed by atoms with E-state index in [1.54, 1.807) is 11.8 Å². The minimum absolute atomic E-state index is 0.342. The van der Waals surface area contributed by atoms with E-state index in [0.29, 0.717) is 5.41 Å². The number of fused-ring (bicyclic) bond motifs is 3. The van der Waals surface area contributed by atoms with Crippen LogP contribution in [0.2, 0.25) is 0 Å². The number of rotatable bonds is 0. The summed E-state index contributed by atoms with van der Waals surface area (Å²) in [5.74, 6) is 1.04. The van der Waals surface area contributed by atoms with Gasteiger partial charge in [0, 0.05) is 5.56 Å². The predicted molar refractivity (Wildman–Crippen MR) is 66.9 cm³/mol. The molecule has 0 saturated heterocycles. The Labute approximate surface area is 96.8 Å². The van der Waals surface area contributed by atoms with Crippen molar-refractivity contribution in [2.45, 2.75) is 39.5 Å². The SMILES string of the molecule is CC1(C)CCCC2=Cc3occc3C=C1C2. The van der Waals surface area contributed by atoms with Gasteiger partial charge in [-0.15, -0.1) is 0 Å². The van der Waals surface area contributed by atoms with Gasteiger partial charge in [-0.25, -0.2) is 0 Å². The minimum atomic E-state index is 0.342. The van der Waals surface area contributed by atoms with Crippen molar-refractivity contribution in [1.82, 2.24) is 0 Å². The van der Waals surface area contributed by atoms with E-state index in [-0.39, 0.29) is 0 Å². The minimum Gasteiger partial charge on any atom is -0.464 e. The third kappa shape index (κ3) is 1.55. The molecule has 2 aliphatic carbocycles. The molecule has 1 heteroatoms. The molecule has 2 aliphatic rings. The fourth-order valence-electron chi connectivity index (χ4n) is 2.80. The van der Waals surface area contributed by atoms with Crippen LogP contribution in [0.15, 0.2) is 27.9 Å². The monoisotopic (exact) mass is 214 g/mol. The van der Waals surface area contributed by atoms with Crippen LogP contribution in [0.3, 0.4) is 0 Å². The molecule has 16 heavy (non-hydrogen) atoms. The van der Waals surface area contributed by atoms with Gasteiger partial charge in [0.15, 0.2) is 0 Å². The zero-order chi connectivity index (χ0) is 11.2. The highest BCUT2D eigenvalue weighted by Gasteiger charge is 2.28. The Morgan fingerprint density at radius 1 is 1.25 bits per heavy atom. The molecule has 0 aliphatic heterocycles. The molecule has 1 saturated carbocycles. The molecule has 0 unspecified atom stereocenters. The van der Waals surface area contributed by atoms with E-state index in [1.807, 2.05) is 0 Å². The first-order valence-corrected chi connectivity index (χ1v) is 6.13. The van der Waals surface area contributed by atoms with Gasteiger partial charge in [-0.2, -0.15) is 0 Å². The largest absolute Gasteiger partial charge is 0.464 e. The maximum absolute atomic E-state index is 5.53. The topological polar surface area (TPSA) is 13.1 Å². The van der Waals surface area contributed by atoms with Crippen LogP contribution in [0.4, 0.5) is 0 Å². The van der Waals surface area contributed by atoms with E-state index in [0.717, 1.165) is 12.2 Å². The van der Waals surface area contributed by atoms with Gasteiger partial charge < -0.3 is 4.42 Å². The van der Waals surface area contributed by atoms with Crippen molar-refractivity contribution in [3.63, 3.8) is 0 Å². The summed E-state index contributed by atoms with van der Waals surface area (Å²) in [6, 6.07) is 2.08. The Kier molecular flexibility index (Phi) is 2.10. The summed E-state index contributed by atoms with van der Waals surface area (Å²) in [7, 11) is 0. The van der Waals surface area contributed by atoms with Crippen molar-refractivity contribution in [3.05, 3.63) is 34.8 Å². The van der Waals surface area contributed by atoms with Gasteiger partial charge in [-0.05, 0) is 43.2 Å². The summed E-state index contributed by atoms with van der Waals surface area (Å²) in [4.78, 5) is 0. The van der Waals surface area contributed by atoms with Gasteiger partial charge in [0.05, 0.1) is 6.26 Å². The molecule has 1 aromatic heterocycles. The molecule has 1 aromatic rings. The van der Waals surface area contributed by atoms with Crippen LogP contribution in [-0.2, 0) is 0 Å². The Morgan fingerprint density at radius 3 is 3.00 bits per heavy atom. The molecule has 1 fully saturated rings. The molecule has 0 spiro atoms. The summed E-state index contributed by atoms with van der Waals surface area (Å²) in [6.07, 6.45) is 11.3. The Hall–Kier alpha value is -1.24. The lowest BCUT2D eigenvalue weighted by atomic mass is 9.79. The normalized spacial score (nSPS) is 22.6. The zero-order valence-electron chi connectivity index (χ0n) is 10.0. The molecular weight excluding hydrogens is 196 g/mol. The van der Waals surface area contributed by atoms with E-state index in [2.05, 4.69) is 32.1 Å². The number of allylic oxidation sites excluding steroid dienone is 2. The Bertz CT molecular complexity index is 471. The molecule has 2 bridgehead atoms. The quantitative estimate of drug-likeness (QED) is 0.612. The van der Waals surface area contributed by atoms with Crippen molar-refractivity contribution < 1.29 is 4.42 Å². The van der Waals surface area contributed by atoms with Crippen molar-refractivity contribution in [2.24, 2.45) is 5.41 Å². The standard InChI is InChI=1S/C15H18O/c1-15(2)6-3-4-11-8-13(15)10-12-5-7-16-14(12)9-11/h5,7,9-10H,3-4,6,8H2,1-2H3. The van der Waals surface area contributed by atoms with E-state index in [9.17, 15) is 0 Å². The van der Waals surface area contributed by atoms with Gasteiger partial charge in [-0.1, -0.05) is 31.1 Å².